The smallest absolute Gasteiger partial charge is 0.410 e. The maximum Gasteiger partial charge on any atom is 0.410 e. The topological polar surface area (TPSA) is 29.5 Å². The van der Waals surface area contributed by atoms with Gasteiger partial charge in [-0.05, 0) is 60.4 Å². The van der Waals surface area contributed by atoms with E-state index in [9.17, 15) is 4.79 Å². The average molecular weight is 386 g/mol. The molecule has 2 aromatic rings. The number of hydrogen-bond donors (Lipinski definition) is 0. The van der Waals surface area contributed by atoms with Crippen molar-refractivity contribution in [3.8, 4) is 11.1 Å². The molecule has 2 heterocycles. The zero-order chi connectivity index (χ0) is 19.8. The highest BCUT2D eigenvalue weighted by molar-refractivity contribution is 5.79. The summed E-state index contributed by atoms with van der Waals surface area (Å²) in [6.07, 6.45) is 10.6. The number of hydrogen-bond acceptors (Lipinski definition) is 2. The number of benzene rings is 2. The molecule has 2 unspecified atom stereocenters. The van der Waals surface area contributed by atoms with E-state index in [1.807, 2.05) is 4.90 Å². The Balaban J connectivity index is 1.35. The molecule has 3 aliphatic rings. The predicted octanol–water partition coefficient (Wildman–Crippen LogP) is 6.06. The Bertz CT molecular complexity index is 944. The summed E-state index contributed by atoms with van der Waals surface area (Å²) in [5.74, 6) is 0.116. The molecule has 2 bridgehead atoms. The number of fused-ring (bicyclic) bond motifs is 5. The van der Waals surface area contributed by atoms with Gasteiger partial charge in [-0.3, -0.25) is 4.90 Å². The van der Waals surface area contributed by atoms with Gasteiger partial charge in [0.1, 0.15) is 6.61 Å². The van der Waals surface area contributed by atoms with Crippen molar-refractivity contribution in [1.82, 2.24) is 4.90 Å². The van der Waals surface area contributed by atoms with E-state index < -0.39 is 0 Å². The molecule has 3 heteroatoms. The zero-order valence-corrected chi connectivity index (χ0v) is 16.9. The predicted molar refractivity (Wildman–Crippen MR) is 116 cm³/mol. The number of ether oxygens (including phenoxy) is 1. The maximum atomic E-state index is 13.1. The molecule has 2 aliphatic heterocycles. The summed E-state index contributed by atoms with van der Waals surface area (Å²) in [5.41, 5.74) is 6.40. The van der Waals surface area contributed by atoms with Crippen molar-refractivity contribution in [3.05, 3.63) is 83.5 Å². The highest BCUT2D eigenvalue weighted by Gasteiger charge is 2.38. The first kappa shape index (κ1) is 18.2. The molecule has 1 amide bonds. The minimum absolute atomic E-state index is 0.116. The zero-order valence-electron chi connectivity index (χ0n) is 16.9. The van der Waals surface area contributed by atoms with E-state index in [2.05, 4.69) is 73.7 Å². The quantitative estimate of drug-likeness (QED) is 0.642. The van der Waals surface area contributed by atoms with Crippen LogP contribution in [0.15, 0.2) is 72.3 Å². The van der Waals surface area contributed by atoms with Crippen molar-refractivity contribution in [1.29, 1.82) is 0 Å². The molecule has 148 valence electrons. The molecule has 1 saturated heterocycles. The monoisotopic (exact) mass is 385 g/mol. The van der Waals surface area contributed by atoms with Gasteiger partial charge in [0.2, 0.25) is 0 Å². The minimum atomic E-state index is -0.155. The normalized spacial score (nSPS) is 22.9. The Hall–Kier alpha value is -2.81. The summed E-state index contributed by atoms with van der Waals surface area (Å²) in [6.45, 7) is 2.45. The van der Waals surface area contributed by atoms with Gasteiger partial charge in [-0.25, -0.2) is 4.79 Å². The highest BCUT2D eigenvalue weighted by atomic mass is 16.6. The van der Waals surface area contributed by atoms with Crippen LogP contribution in [0.25, 0.3) is 11.1 Å². The van der Waals surface area contributed by atoms with E-state index in [1.54, 1.807) is 0 Å². The molecule has 1 aliphatic carbocycles. The third-order valence-electron chi connectivity index (χ3n) is 6.59. The Kier molecular flexibility index (Phi) is 4.75. The number of carbonyl (C=O) groups excluding carboxylic acids is 1. The molecule has 29 heavy (non-hydrogen) atoms. The summed E-state index contributed by atoms with van der Waals surface area (Å²) in [7, 11) is 0. The number of piperidine rings is 1. The highest BCUT2D eigenvalue weighted by Crippen LogP contribution is 2.44. The van der Waals surface area contributed by atoms with Gasteiger partial charge in [0.25, 0.3) is 0 Å². The van der Waals surface area contributed by atoms with E-state index in [-0.39, 0.29) is 24.1 Å². The average Bonchev–Trinajstić information content (AvgIpc) is 3.05. The van der Waals surface area contributed by atoms with Crippen LogP contribution in [0.4, 0.5) is 4.79 Å². The summed E-state index contributed by atoms with van der Waals surface area (Å²) in [5, 5.41) is 0. The fourth-order valence-corrected chi connectivity index (χ4v) is 5.35. The lowest BCUT2D eigenvalue weighted by molar-refractivity contribution is 0.0516. The Morgan fingerprint density at radius 2 is 1.76 bits per heavy atom. The van der Waals surface area contributed by atoms with Crippen LogP contribution in [0.3, 0.4) is 0 Å². The van der Waals surface area contributed by atoms with Crippen molar-refractivity contribution in [2.75, 3.05) is 6.61 Å². The number of amides is 1. The Labute approximate surface area is 172 Å². The van der Waals surface area contributed by atoms with Crippen LogP contribution >= 0.6 is 0 Å². The third-order valence-corrected chi connectivity index (χ3v) is 6.59. The van der Waals surface area contributed by atoms with E-state index in [0.29, 0.717) is 6.61 Å². The molecular formula is C26H27NO2. The summed E-state index contributed by atoms with van der Waals surface area (Å²) in [6, 6.07) is 17.4. The molecule has 2 atom stereocenters. The van der Waals surface area contributed by atoms with Crippen LogP contribution in [-0.4, -0.2) is 29.7 Å². The van der Waals surface area contributed by atoms with Crippen LogP contribution in [0, 0.1) is 0 Å². The van der Waals surface area contributed by atoms with Crippen molar-refractivity contribution < 1.29 is 9.53 Å². The molecule has 0 N–H and O–H groups in total. The van der Waals surface area contributed by atoms with Crippen LogP contribution in [-0.2, 0) is 4.74 Å². The molecule has 3 nitrogen and oxygen atoms in total. The number of rotatable bonds is 3. The minimum Gasteiger partial charge on any atom is -0.448 e. The number of allylic oxidation sites excluding steroid dienone is 2. The first-order valence-electron chi connectivity index (χ1n) is 10.7. The van der Waals surface area contributed by atoms with Crippen LogP contribution in [0.2, 0.25) is 0 Å². The van der Waals surface area contributed by atoms with Crippen molar-refractivity contribution >= 4 is 6.09 Å². The second-order valence-corrected chi connectivity index (χ2v) is 8.31. The van der Waals surface area contributed by atoms with Crippen LogP contribution < -0.4 is 0 Å². The summed E-state index contributed by atoms with van der Waals surface area (Å²) >= 11 is 0. The van der Waals surface area contributed by atoms with Crippen molar-refractivity contribution in [2.45, 2.75) is 50.6 Å². The fourth-order valence-electron chi connectivity index (χ4n) is 5.35. The first-order chi connectivity index (χ1) is 14.3. The van der Waals surface area contributed by atoms with Gasteiger partial charge >= 0.3 is 6.09 Å². The molecular weight excluding hydrogens is 358 g/mol. The van der Waals surface area contributed by atoms with E-state index >= 15 is 0 Å². The largest absolute Gasteiger partial charge is 0.448 e. The van der Waals surface area contributed by atoms with Gasteiger partial charge in [-0.2, -0.15) is 0 Å². The van der Waals surface area contributed by atoms with Crippen LogP contribution in [0.5, 0.6) is 0 Å². The molecule has 1 fully saturated rings. The molecule has 5 rings (SSSR count). The lowest BCUT2D eigenvalue weighted by atomic mass is 9.85. The fraction of sp³-hybridized carbons (Fsp3) is 0.346. The first-order valence-corrected chi connectivity index (χ1v) is 10.7. The summed E-state index contributed by atoms with van der Waals surface area (Å²) < 4.78 is 5.95. The molecule has 0 spiro atoms. The second kappa shape index (κ2) is 7.55. The van der Waals surface area contributed by atoms with Crippen LogP contribution in [0.1, 0.15) is 49.7 Å². The van der Waals surface area contributed by atoms with Gasteiger partial charge < -0.3 is 4.74 Å². The Morgan fingerprint density at radius 3 is 2.41 bits per heavy atom. The van der Waals surface area contributed by atoms with Gasteiger partial charge in [0, 0.05) is 12.0 Å². The van der Waals surface area contributed by atoms with E-state index in [1.165, 1.54) is 34.2 Å². The third kappa shape index (κ3) is 3.19. The van der Waals surface area contributed by atoms with Gasteiger partial charge in [0.05, 0.1) is 6.04 Å². The van der Waals surface area contributed by atoms with Gasteiger partial charge in [0.15, 0.2) is 0 Å². The number of nitrogens with zero attached hydrogens (tertiary/aromatic N) is 1. The van der Waals surface area contributed by atoms with Crippen molar-refractivity contribution in [3.63, 3.8) is 0 Å². The number of carbonyl (C=O) groups is 1. The molecule has 2 aromatic carbocycles. The molecule has 0 radical (unpaired) electrons. The standard InChI is InChI=1S/C26H27NO2/c1-2-8-18-15-19-9-7-10-20(16-18)27(19)26(28)29-17-25-23-13-5-3-11-21(23)22-12-4-6-14-24(22)25/h2-6,8,11-15,19-20,25H,7,9-10,16-17H2,1H3/b8-2-. The van der Waals surface area contributed by atoms with Gasteiger partial charge in [-0.1, -0.05) is 66.8 Å². The Morgan fingerprint density at radius 1 is 1.07 bits per heavy atom. The van der Waals surface area contributed by atoms with E-state index in [0.717, 1.165) is 19.3 Å². The lowest BCUT2D eigenvalue weighted by Crippen LogP contribution is -2.52. The molecule has 0 saturated carbocycles. The molecule has 0 aromatic heterocycles. The maximum absolute atomic E-state index is 13.1. The second-order valence-electron chi connectivity index (χ2n) is 8.31. The van der Waals surface area contributed by atoms with Crippen molar-refractivity contribution in [2.24, 2.45) is 0 Å². The summed E-state index contributed by atoms with van der Waals surface area (Å²) in [4.78, 5) is 15.1. The SMILES string of the molecule is C/C=C\C1=CC2CCCC(C1)N2C(=O)OCC1c2ccccc2-c2ccccc21. The van der Waals surface area contributed by atoms with Gasteiger partial charge in [-0.15, -0.1) is 0 Å². The lowest BCUT2D eigenvalue weighted by Gasteiger charge is -2.44. The van der Waals surface area contributed by atoms with E-state index in [4.69, 9.17) is 4.74 Å².